The molecule has 0 atom stereocenters. The molecule has 1 amide bonds. The second kappa shape index (κ2) is 6.52. The number of aliphatic imine (C=N–C) groups is 1. The smallest absolute Gasteiger partial charge is 0.259 e. The number of nitrogens with zero attached hydrogens (tertiary/aromatic N) is 2. The van der Waals surface area contributed by atoms with Crippen LogP contribution in [0.3, 0.4) is 0 Å². The van der Waals surface area contributed by atoms with Gasteiger partial charge in [0.2, 0.25) is 0 Å². The van der Waals surface area contributed by atoms with Crippen LogP contribution >= 0.6 is 31.9 Å². The summed E-state index contributed by atoms with van der Waals surface area (Å²) in [4.78, 5) is 18.6. The molecular formula is C15H17Br2N3O3. The molecule has 124 valence electrons. The molecule has 1 fully saturated rings. The molecule has 8 heteroatoms. The van der Waals surface area contributed by atoms with Crippen LogP contribution in [0.2, 0.25) is 0 Å². The average Bonchev–Trinajstić information content (AvgIpc) is 2.49. The Labute approximate surface area is 151 Å². The van der Waals surface area contributed by atoms with Gasteiger partial charge >= 0.3 is 0 Å². The topological polar surface area (TPSA) is 88.2 Å². The van der Waals surface area contributed by atoms with Crippen molar-refractivity contribution < 1.29 is 14.6 Å². The first-order valence-corrected chi connectivity index (χ1v) is 8.36. The third kappa shape index (κ3) is 3.53. The van der Waals surface area contributed by atoms with Crippen molar-refractivity contribution in [2.75, 3.05) is 13.6 Å². The monoisotopic (exact) mass is 445 g/mol. The molecular weight excluding hydrogens is 430 g/mol. The zero-order valence-corrected chi connectivity index (χ0v) is 16.1. The zero-order chi connectivity index (χ0) is 17.4. The van der Waals surface area contributed by atoms with Gasteiger partial charge in [-0.25, -0.2) is 0 Å². The highest BCUT2D eigenvalue weighted by molar-refractivity contribution is 9.11. The first kappa shape index (κ1) is 17.8. The van der Waals surface area contributed by atoms with Crippen molar-refractivity contribution in [3.63, 3.8) is 0 Å². The maximum absolute atomic E-state index is 12.9. The summed E-state index contributed by atoms with van der Waals surface area (Å²) in [5.41, 5.74) is 5.41. The molecule has 0 spiro atoms. The van der Waals surface area contributed by atoms with Gasteiger partial charge < -0.3 is 15.6 Å². The fourth-order valence-electron chi connectivity index (χ4n) is 2.32. The third-order valence-corrected chi connectivity index (χ3v) is 4.48. The number of phenolic OH excluding ortho intramolecular Hbond substituents is 1. The molecule has 0 radical (unpaired) electrons. The Hall–Kier alpha value is -1.54. The van der Waals surface area contributed by atoms with E-state index in [1.165, 1.54) is 11.1 Å². The molecule has 0 aliphatic carbocycles. The fourth-order valence-corrected chi connectivity index (χ4v) is 3.50. The summed E-state index contributed by atoms with van der Waals surface area (Å²) in [6, 6.07) is 3.12. The van der Waals surface area contributed by atoms with Gasteiger partial charge in [0.25, 0.3) is 5.91 Å². The summed E-state index contributed by atoms with van der Waals surface area (Å²) >= 11 is 6.46. The van der Waals surface area contributed by atoms with Crippen LogP contribution in [0.1, 0.15) is 24.2 Å². The van der Waals surface area contributed by atoms with Gasteiger partial charge in [0, 0.05) is 18.8 Å². The van der Waals surface area contributed by atoms with Crippen LogP contribution in [0.4, 0.5) is 0 Å². The SMILES string of the molecule is CN=C1C(=CN)OC(C)(C)CN1C(=O)c1cc(Br)c(O)c(Br)c1. The summed E-state index contributed by atoms with van der Waals surface area (Å²) < 4.78 is 6.61. The fraction of sp³-hybridized carbons (Fsp3) is 0.333. The summed E-state index contributed by atoms with van der Waals surface area (Å²) in [7, 11) is 1.57. The number of ether oxygens (including phenoxy) is 1. The second-order valence-electron chi connectivity index (χ2n) is 5.62. The Morgan fingerprint density at radius 3 is 2.48 bits per heavy atom. The molecule has 0 unspecified atom stereocenters. The highest BCUT2D eigenvalue weighted by Crippen LogP contribution is 2.34. The maximum Gasteiger partial charge on any atom is 0.259 e. The quantitative estimate of drug-likeness (QED) is 0.693. The number of hydrogen-bond acceptors (Lipinski definition) is 5. The Bertz CT molecular complexity index is 691. The van der Waals surface area contributed by atoms with Crippen LogP contribution in [-0.4, -0.2) is 40.9 Å². The van der Waals surface area contributed by atoms with Crippen LogP contribution in [-0.2, 0) is 4.74 Å². The largest absolute Gasteiger partial charge is 0.506 e. The van der Waals surface area contributed by atoms with Crippen LogP contribution in [0.5, 0.6) is 5.75 Å². The van der Waals surface area contributed by atoms with Gasteiger partial charge in [0.05, 0.1) is 15.5 Å². The van der Waals surface area contributed by atoms with Crippen molar-refractivity contribution in [3.05, 3.63) is 38.6 Å². The number of hydrogen-bond donors (Lipinski definition) is 2. The van der Waals surface area contributed by atoms with Gasteiger partial charge in [-0.05, 0) is 57.8 Å². The highest BCUT2D eigenvalue weighted by Gasteiger charge is 2.38. The molecule has 1 aromatic carbocycles. The van der Waals surface area contributed by atoms with Crippen LogP contribution in [0.15, 0.2) is 38.0 Å². The number of phenols is 1. The molecule has 1 saturated heterocycles. The molecule has 1 heterocycles. The van der Waals surface area contributed by atoms with E-state index in [1.54, 1.807) is 19.2 Å². The molecule has 0 aromatic heterocycles. The highest BCUT2D eigenvalue weighted by atomic mass is 79.9. The minimum Gasteiger partial charge on any atom is -0.506 e. The lowest BCUT2D eigenvalue weighted by Gasteiger charge is -2.40. The summed E-state index contributed by atoms with van der Waals surface area (Å²) in [5.74, 6) is 0.504. The molecule has 1 aromatic rings. The molecule has 23 heavy (non-hydrogen) atoms. The van der Waals surface area contributed by atoms with Crippen LogP contribution < -0.4 is 5.73 Å². The first-order valence-electron chi connectivity index (χ1n) is 6.78. The molecule has 3 N–H and O–H groups in total. The molecule has 2 rings (SSSR count). The van der Waals surface area contributed by atoms with Crippen LogP contribution in [0.25, 0.3) is 0 Å². The Morgan fingerprint density at radius 2 is 2.00 bits per heavy atom. The van der Waals surface area contributed by atoms with Gasteiger partial charge in [-0.1, -0.05) is 0 Å². The van der Waals surface area contributed by atoms with E-state index in [-0.39, 0.29) is 11.7 Å². The van der Waals surface area contributed by atoms with Gasteiger partial charge in [-0.2, -0.15) is 0 Å². The standard InChI is InChI=1S/C15H17Br2N3O3/c1-15(2)7-20(13(19-3)11(6-18)23-15)14(22)8-4-9(16)12(21)10(17)5-8/h4-6,21H,7,18H2,1-3H3. The summed E-state index contributed by atoms with van der Waals surface area (Å²) in [6.07, 6.45) is 1.30. The van der Waals surface area contributed by atoms with Crippen molar-refractivity contribution in [3.8, 4) is 5.75 Å². The number of morpholine rings is 1. The predicted octanol–water partition coefficient (Wildman–Crippen LogP) is 3.00. The lowest BCUT2D eigenvalue weighted by Crippen LogP contribution is -2.53. The third-order valence-electron chi connectivity index (χ3n) is 3.27. The number of benzene rings is 1. The maximum atomic E-state index is 12.9. The van der Waals surface area contributed by atoms with Crippen molar-refractivity contribution >= 4 is 43.6 Å². The number of amides is 1. The molecule has 1 aliphatic heterocycles. The zero-order valence-electron chi connectivity index (χ0n) is 12.9. The molecule has 0 bridgehead atoms. The van der Waals surface area contributed by atoms with Crippen molar-refractivity contribution in [1.82, 2.24) is 4.90 Å². The first-order chi connectivity index (χ1) is 10.7. The number of carbonyl (C=O) groups is 1. The molecule has 0 saturated carbocycles. The van der Waals surface area contributed by atoms with Crippen molar-refractivity contribution in [2.45, 2.75) is 19.4 Å². The van der Waals surface area contributed by atoms with Gasteiger partial charge in [0.1, 0.15) is 11.4 Å². The number of halogens is 2. The number of carbonyl (C=O) groups excluding carboxylic acids is 1. The van der Waals surface area contributed by atoms with Crippen LogP contribution in [0, 0.1) is 0 Å². The van der Waals surface area contributed by atoms with E-state index >= 15 is 0 Å². The minimum absolute atomic E-state index is 0.0378. The number of aromatic hydroxyl groups is 1. The van der Waals surface area contributed by atoms with E-state index in [4.69, 9.17) is 10.5 Å². The molecule has 6 nitrogen and oxygen atoms in total. The number of nitrogens with two attached hydrogens (primary N) is 1. The van der Waals surface area contributed by atoms with E-state index in [9.17, 15) is 9.90 Å². The van der Waals surface area contributed by atoms with Crippen molar-refractivity contribution in [1.29, 1.82) is 0 Å². The Kier molecular flexibility index (Phi) is 5.05. The lowest BCUT2D eigenvalue weighted by molar-refractivity contribution is 0.00532. The van der Waals surface area contributed by atoms with E-state index in [0.29, 0.717) is 32.6 Å². The van der Waals surface area contributed by atoms with E-state index in [2.05, 4.69) is 36.9 Å². The van der Waals surface area contributed by atoms with Gasteiger partial charge in [-0.3, -0.25) is 14.7 Å². The van der Waals surface area contributed by atoms with Gasteiger partial charge in [0.15, 0.2) is 11.6 Å². The van der Waals surface area contributed by atoms with E-state index in [0.717, 1.165) is 0 Å². The normalized spacial score (nSPS) is 20.7. The predicted molar refractivity (Wildman–Crippen MR) is 95.3 cm³/mol. The summed E-state index contributed by atoms with van der Waals surface area (Å²) in [5, 5.41) is 9.80. The number of amidine groups is 1. The minimum atomic E-state index is -0.597. The van der Waals surface area contributed by atoms with Gasteiger partial charge in [-0.15, -0.1) is 0 Å². The summed E-state index contributed by atoms with van der Waals surface area (Å²) in [6.45, 7) is 4.06. The number of rotatable bonds is 1. The molecule has 1 aliphatic rings. The van der Waals surface area contributed by atoms with E-state index < -0.39 is 5.60 Å². The average molecular weight is 447 g/mol. The van der Waals surface area contributed by atoms with Crippen molar-refractivity contribution in [2.24, 2.45) is 10.7 Å². The Morgan fingerprint density at radius 1 is 1.43 bits per heavy atom. The lowest BCUT2D eigenvalue weighted by atomic mass is 10.0. The van der Waals surface area contributed by atoms with E-state index in [1.807, 2.05) is 13.8 Å². The second-order valence-corrected chi connectivity index (χ2v) is 7.33. The Balaban J connectivity index is 2.48.